The third-order valence-electron chi connectivity index (χ3n) is 7.46. The number of aliphatic hydroxyl groups is 1. The minimum atomic E-state index is -0.796. The minimum Gasteiger partial charge on any atom is -0.467 e. The summed E-state index contributed by atoms with van der Waals surface area (Å²) in [6.07, 6.45) is 3.35. The second-order valence-electron chi connectivity index (χ2n) is 9.65. The zero-order chi connectivity index (χ0) is 24.1. The van der Waals surface area contributed by atoms with Gasteiger partial charge in [-0.05, 0) is 43.2 Å². The lowest BCUT2D eigenvalue weighted by Crippen LogP contribution is -2.53. The first-order valence-electron chi connectivity index (χ1n) is 12.1. The molecule has 0 bridgehead atoms. The number of carbonyl (C=O) groups is 3. The van der Waals surface area contributed by atoms with Gasteiger partial charge in [0.25, 0.3) is 0 Å². The van der Waals surface area contributed by atoms with Crippen molar-refractivity contribution in [2.45, 2.75) is 56.9 Å². The number of β-amino-alcohol motifs (C(OH)–C–C–N with tert-alkyl or cyclic N) is 1. The Kier molecular flexibility index (Phi) is 7.85. The van der Waals surface area contributed by atoms with Gasteiger partial charge in [0, 0.05) is 32.6 Å². The average molecular weight is 474 g/mol. The number of methoxy groups -OCH3 is 1. The summed E-state index contributed by atoms with van der Waals surface area (Å²) in [5.41, 5.74) is 0.986. The highest BCUT2D eigenvalue weighted by atomic mass is 16.5. The fourth-order valence-electron chi connectivity index (χ4n) is 5.01. The number of likely N-dealkylation sites (tertiary alicyclic amines) is 1. The molecule has 1 aliphatic carbocycles. The van der Waals surface area contributed by atoms with E-state index in [2.05, 4.69) is 10.2 Å². The van der Waals surface area contributed by atoms with Gasteiger partial charge >= 0.3 is 11.9 Å². The molecule has 2 heterocycles. The predicted octanol–water partition coefficient (Wildman–Crippen LogP) is 0.699. The Labute approximate surface area is 200 Å². The van der Waals surface area contributed by atoms with E-state index >= 15 is 0 Å². The molecule has 2 N–H and O–H groups in total. The van der Waals surface area contributed by atoms with Gasteiger partial charge in [-0.2, -0.15) is 0 Å². The monoisotopic (exact) mass is 473 g/mol. The highest BCUT2D eigenvalue weighted by molar-refractivity contribution is 5.86. The zero-order valence-electron chi connectivity index (χ0n) is 19.8. The molecule has 3 atom stereocenters. The van der Waals surface area contributed by atoms with Gasteiger partial charge in [-0.15, -0.1) is 0 Å². The molecule has 1 saturated carbocycles. The van der Waals surface area contributed by atoms with Gasteiger partial charge in [0.2, 0.25) is 5.91 Å². The fraction of sp³-hybridized carbons (Fsp3) is 0.640. The smallest absolute Gasteiger partial charge is 0.328 e. The van der Waals surface area contributed by atoms with Crippen LogP contribution in [0.15, 0.2) is 30.3 Å². The van der Waals surface area contributed by atoms with E-state index in [1.54, 1.807) is 0 Å². The van der Waals surface area contributed by atoms with Crippen molar-refractivity contribution in [1.29, 1.82) is 0 Å². The van der Waals surface area contributed by atoms with Crippen LogP contribution in [0, 0.1) is 5.41 Å². The minimum absolute atomic E-state index is 0.0396. The molecule has 9 heteroatoms. The van der Waals surface area contributed by atoms with Crippen LogP contribution >= 0.6 is 0 Å². The van der Waals surface area contributed by atoms with Gasteiger partial charge in [-0.3, -0.25) is 9.59 Å². The van der Waals surface area contributed by atoms with E-state index in [1.807, 2.05) is 30.3 Å². The first-order chi connectivity index (χ1) is 16.4. The van der Waals surface area contributed by atoms with Crippen LogP contribution in [-0.2, 0) is 30.5 Å². The molecule has 1 amide bonds. The number of esters is 2. The van der Waals surface area contributed by atoms with E-state index in [0.717, 1.165) is 31.4 Å². The van der Waals surface area contributed by atoms with Crippen molar-refractivity contribution in [2.75, 3.05) is 39.8 Å². The van der Waals surface area contributed by atoms with Crippen LogP contribution in [0.3, 0.4) is 0 Å². The van der Waals surface area contributed by atoms with Crippen molar-refractivity contribution in [2.24, 2.45) is 5.41 Å². The van der Waals surface area contributed by atoms with E-state index in [-0.39, 0.29) is 37.0 Å². The number of nitrogens with zero attached hydrogens (tertiary/aromatic N) is 2. The Morgan fingerprint density at radius 2 is 1.97 bits per heavy atom. The molecule has 1 aromatic rings. The molecule has 1 spiro atoms. The Bertz CT molecular complexity index is 875. The molecule has 0 radical (unpaired) electrons. The van der Waals surface area contributed by atoms with Crippen molar-refractivity contribution >= 4 is 17.8 Å². The van der Waals surface area contributed by atoms with Gasteiger partial charge < -0.3 is 29.7 Å². The molecule has 4 rings (SSSR count). The topological polar surface area (TPSA) is 108 Å². The maximum Gasteiger partial charge on any atom is 0.328 e. The van der Waals surface area contributed by atoms with Gasteiger partial charge in [0.05, 0.1) is 13.2 Å². The molecule has 34 heavy (non-hydrogen) atoms. The predicted molar refractivity (Wildman–Crippen MR) is 124 cm³/mol. The van der Waals surface area contributed by atoms with Gasteiger partial charge in [-0.25, -0.2) is 4.79 Å². The Balaban J connectivity index is 1.38. The van der Waals surface area contributed by atoms with Gasteiger partial charge in [0.15, 0.2) is 0 Å². The van der Waals surface area contributed by atoms with Crippen LogP contribution in [0.4, 0.5) is 0 Å². The quantitative estimate of drug-likeness (QED) is 0.531. The summed E-state index contributed by atoms with van der Waals surface area (Å²) in [5, 5.41) is 13.6. The lowest BCUT2D eigenvalue weighted by molar-refractivity contribution is -0.155. The Hall–Kier alpha value is -2.49. The van der Waals surface area contributed by atoms with Crippen LogP contribution in [-0.4, -0.2) is 90.8 Å². The number of piperidine rings is 1. The average Bonchev–Trinajstić information content (AvgIpc) is 3.66. The van der Waals surface area contributed by atoms with Crippen molar-refractivity contribution in [3.05, 3.63) is 35.9 Å². The largest absolute Gasteiger partial charge is 0.467 e. The Morgan fingerprint density at radius 3 is 2.65 bits per heavy atom. The molecule has 9 nitrogen and oxygen atoms in total. The van der Waals surface area contributed by atoms with Crippen molar-refractivity contribution < 1.29 is 29.0 Å². The van der Waals surface area contributed by atoms with Crippen molar-refractivity contribution in [3.63, 3.8) is 0 Å². The third-order valence-corrected chi connectivity index (χ3v) is 7.46. The molecular weight excluding hydrogens is 438 g/mol. The molecule has 1 aromatic carbocycles. The first-order valence-corrected chi connectivity index (χ1v) is 12.1. The van der Waals surface area contributed by atoms with E-state index in [1.165, 1.54) is 12.0 Å². The van der Waals surface area contributed by atoms with Gasteiger partial charge in [0.1, 0.15) is 18.7 Å². The molecule has 2 unspecified atom stereocenters. The highest BCUT2D eigenvalue weighted by Crippen LogP contribution is 2.53. The third kappa shape index (κ3) is 5.76. The van der Waals surface area contributed by atoms with Crippen molar-refractivity contribution in [1.82, 2.24) is 15.1 Å². The molecule has 2 saturated heterocycles. The number of carbonyl (C=O) groups excluding carboxylic acids is 3. The highest BCUT2D eigenvalue weighted by Gasteiger charge is 2.51. The second kappa shape index (κ2) is 10.8. The van der Waals surface area contributed by atoms with Gasteiger partial charge in [-0.1, -0.05) is 30.3 Å². The number of ether oxygens (including phenoxy) is 2. The first kappa shape index (κ1) is 24.6. The lowest BCUT2D eigenvalue weighted by Gasteiger charge is -2.37. The summed E-state index contributed by atoms with van der Waals surface area (Å²) in [6, 6.07) is 7.87. The van der Waals surface area contributed by atoms with Crippen LogP contribution in [0.5, 0.6) is 0 Å². The van der Waals surface area contributed by atoms with Crippen LogP contribution < -0.4 is 5.32 Å². The summed E-state index contributed by atoms with van der Waals surface area (Å²) in [5.74, 6) is -1.15. The molecule has 3 fully saturated rings. The number of hydrogen-bond donors (Lipinski definition) is 2. The van der Waals surface area contributed by atoms with E-state index < -0.39 is 24.0 Å². The van der Waals surface area contributed by atoms with Crippen molar-refractivity contribution in [3.8, 4) is 0 Å². The number of benzene rings is 1. The normalized spacial score (nSPS) is 25.5. The SMILES string of the molecule is COC(=O)[C@H](CCN1CCC2(CC2)C(O)C1)N1CC(C(=O)OCc2ccccc2)NCCC1=O. The number of amides is 1. The molecule has 186 valence electrons. The van der Waals surface area contributed by atoms with E-state index in [4.69, 9.17) is 9.47 Å². The van der Waals surface area contributed by atoms with E-state index in [0.29, 0.717) is 26.1 Å². The lowest BCUT2D eigenvalue weighted by atomic mass is 9.90. The molecule has 0 aromatic heterocycles. The number of nitrogens with one attached hydrogen (secondary N) is 1. The summed E-state index contributed by atoms with van der Waals surface area (Å²) in [4.78, 5) is 42.0. The number of aliphatic hydroxyl groups excluding tert-OH is 1. The number of rotatable bonds is 8. The summed E-state index contributed by atoms with van der Waals surface area (Å²) < 4.78 is 10.5. The maximum absolute atomic E-state index is 12.9. The van der Waals surface area contributed by atoms with Crippen LogP contribution in [0.1, 0.15) is 37.7 Å². The molecular formula is C25H35N3O6. The maximum atomic E-state index is 12.9. The molecule has 3 aliphatic rings. The second-order valence-corrected chi connectivity index (χ2v) is 9.65. The summed E-state index contributed by atoms with van der Waals surface area (Å²) >= 11 is 0. The standard InChI is InChI=1S/C25H35N3O6/c1-33-24(32)20(8-13-27-14-11-25(9-10-25)21(29)16-27)28-15-19(26-12-7-22(28)30)23(31)34-17-18-5-3-2-4-6-18/h2-6,19-21,26,29H,7-17H2,1H3/t19?,20-,21?/m0/s1. The number of hydrogen-bond acceptors (Lipinski definition) is 8. The van der Waals surface area contributed by atoms with Crippen LogP contribution in [0.25, 0.3) is 0 Å². The van der Waals surface area contributed by atoms with E-state index in [9.17, 15) is 19.5 Å². The Morgan fingerprint density at radius 1 is 1.21 bits per heavy atom. The zero-order valence-corrected chi connectivity index (χ0v) is 19.8. The summed E-state index contributed by atoms with van der Waals surface area (Å²) in [6.45, 7) is 2.53. The fourth-order valence-corrected chi connectivity index (χ4v) is 5.01. The summed E-state index contributed by atoms with van der Waals surface area (Å²) in [7, 11) is 1.31. The molecule has 2 aliphatic heterocycles. The van der Waals surface area contributed by atoms with Crippen LogP contribution in [0.2, 0.25) is 0 Å².